The second kappa shape index (κ2) is 7.74. The molecule has 0 saturated heterocycles. The van der Waals surface area contributed by atoms with Crippen LogP contribution in [0, 0.1) is 0 Å². The molecule has 0 aromatic heterocycles. The summed E-state index contributed by atoms with van der Waals surface area (Å²) in [6.07, 6.45) is 0. The van der Waals surface area contributed by atoms with Crippen LogP contribution in [0.2, 0.25) is 0 Å². The van der Waals surface area contributed by atoms with Crippen LogP contribution < -0.4 is 0 Å². The molecule has 9 heavy (non-hydrogen) atoms. The highest BCUT2D eigenvalue weighted by molar-refractivity contribution is 4.13. The highest BCUT2D eigenvalue weighted by atomic mass is 19.1. The Hall–Kier alpha value is -0.260. The van der Waals surface area contributed by atoms with Crippen molar-refractivity contribution in [2.75, 3.05) is 26.6 Å². The lowest BCUT2D eigenvalue weighted by molar-refractivity contribution is -0.512. The van der Waals surface area contributed by atoms with Crippen molar-refractivity contribution in [3.63, 3.8) is 0 Å². The van der Waals surface area contributed by atoms with Crippen molar-refractivity contribution >= 4 is 0 Å². The van der Waals surface area contributed by atoms with Gasteiger partial charge in [0.1, 0.15) is 26.6 Å². The van der Waals surface area contributed by atoms with Gasteiger partial charge in [0.25, 0.3) is 0 Å². The molecule has 3 nitrogen and oxygen atoms in total. The van der Waals surface area contributed by atoms with Crippen LogP contribution in [0.4, 0.5) is 8.78 Å². The zero-order valence-electron chi connectivity index (χ0n) is 4.81. The molecule has 0 spiro atoms. The van der Waals surface area contributed by atoms with Crippen LogP contribution in [0.15, 0.2) is 0 Å². The lowest BCUT2D eigenvalue weighted by atomic mass is 10.8. The molecule has 0 unspecified atom stereocenters. The van der Waals surface area contributed by atoms with E-state index >= 15 is 0 Å². The summed E-state index contributed by atoms with van der Waals surface area (Å²) in [6.45, 7) is -1.71. The second-order valence-corrected chi connectivity index (χ2v) is 1.09. The van der Waals surface area contributed by atoms with Crippen molar-refractivity contribution in [2.45, 2.75) is 0 Å². The van der Waals surface area contributed by atoms with Crippen LogP contribution in [-0.4, -0.2) is 26.6 Å². The average Bonchev–Trinajstić information content (AvgIpc) is 1.89. The van der Waals surface area contributed by atoms with Gasteiger partial charge in [0.05, 0.1) is 0 Å². The Balaban J connectivity index is 2.60. The van der Waals surface area contributed by atoms with Crippen LogP contribution in [0.25, 0.3) is 0 Å². The van der Waals surface area contributed by atoms with Gasteiger partial charge in [-0.2, -0.15) is 0 Å². The van der Waals surface area contributed by atoms with Crippen molar-refractivity contribution in [1.82, 2.24) is 0 Å². The van der Waals surface area contributed by atoms with Crippen LogP contribution >= 0.6 is 0 Å². The van der Waals surface area contributed by atoms with Crippen molar-refractivity contribution in [1.29, 1.82) is 0 Å². The first kappa shape index (κ1) is 8.74. The van der Waals surface area contributed by atoms with Crippen molar-refractivity contribution < 1.29 is 23.6 Å². The molecule has 0 heterocycles. The minimum atomic E-state index is -0.654. The first-order valence-electron chi connectivity index (χ1n) is 2.45. The van der Waals surface area contributed by atoms with E-state index in [1.54, 1.807) is 0 Å². The van der Waals surface area contributed by atoms with Gasteiger partial charge < -0.3 is 0 Å². The van der Waals surface area contributed by atoms with Crippen LogP contribution in [0.1, 0.15) is 0 Å². The van der Waals surface area contributed by atoms with E-state index < -0.39 is 13.3 Å². The van der Waals surface area contributed by atoms with E-state index in [1.165, 1.54) is 0 Å². The smallest absolute Gasteiger partial charge is 0.116 e. The van der Waals surface area contributed by atoms with Crippen LogP contribution in [0.3, 0.4) is 0 Å². The topological polar surface area (TPSA) is 27.7 Å². The maximum Gasteiger partial charge on any atom is 0.116 e. The molecule has 0 atom stereocenters. The standard InChI is InChI=1S/C4H8F2O3/c5-1-3-7-9-8-4-2-6/h1-4H2. The van der Waals surface area contributed by atoms with Gasteiger partial charge in [0.2, 0.25) is 0 Å². The monoisotopic (exact) mass is 142 g/mol. The number of rotatable bonds is 6. The molecular formula is C4H8F2O3. The summed E-state index contributed by atoms with van der Waals surface area (Å²) in [5.74, 6) is 0. The van der Waals surface area contributed by atoms with E-state index in [-0.39, 0.29) is 13.2 Å². The Bertz CT molecular complexity index is 47.1. The SMILES string of the molecule is FCCOOOCCF. The lowest BCUT2D eigenvalue weighted by Crippen LogP contribution is -2.01. The van der Waals surface area contributed by atoms with Crippen molar-refractivity contribution in [2.24, 2.45) is 0 Å². The molecule has 0 amide bonds. The van der Waals surface area contributed by atoms with Gasteiger partial charge in [0, 0.05) is 0 Å². The molecule has 5 heteroatoms. The summed E-state index contributed by atoms with van der Waals surface area (Å²) < 4.78 is 22.3. The zero-order valence-corrected chi connectivity index (χ0v) is 4.81. The number of alkyl halides is 2. The summed E-state index contributed by atoms with van der Waals surface area (Å²) >= 11 is 0. The average molecular weight is 142 g/mol. The molecule has 0 aromatic carbocycles. The van der Waals surface area contributed by atoms with E-state index in [0.717, 1.165) is 0 Å². The van der Waals surface area contributed by atoms with E-state index in [1.807, 2.05) is 0 Å². The summed E-state index contributed by atoms with van der Waals surface area (Å²) in [5.41, 5.74) is 0. The summed E-state index contributed by atoms with van der Waals surface area (Å²) in [4.78, 5) is 8.04. The fourth-order valence-corrected chi connectivity index (χ4v) is 0.165. The molecule has 0 rings (SSSR count). The van der Waals surface area contributed by atoms with E-state index in [9.17, 15) is 8.78 Å². The highest BCUT2D eigenvalue weighted by Gasteiger charge is 1.87. The molecule has 0 aliphatic rings. The minimum absolute atomic E-state index is 0.202. The highest BCUT2D eigenvalue weighted by Crippen LogP contribution is 1.81. The van der Waals surface area contributed by atoms with Crippen LogP contribution in [-0.2, 0) is 14.8 Å². The summed E-state index contributed by atoms with van der Waals surface area (Å²) in [7, 11) is 0. The Kier molecular flexibility index (Phi) is 7.52. The molecule has 0 aliphatic heterocycles. The largest absolute Gasteiger partial charge is 0.248 e. The molecule has 0 N–H and O–H groups in total. The Labute approximate surface area is 51.4 Å². The molecular weight excluding hydrogens is 134 g/mol. The van der Waals surface area contributed by atoms with Gasteiger partial charge in [0.15, 0.2) is 0 Å². The predicted molar refractivity (Wildman–Crippen MR) is 24.9 cm³/mol. The minimum Gasteiger partial charge on any atom is -0.248 e. The van der Waals surface area contributed by atoms with Crippen LogP contribution in [0.5, 0.6) is 0 Å². The quantitative estimate of drug-likeness (QED) is 0.312. The van der Waals surface area contributed by atoms with Gasteiger partial charge in [-0.25, -0.2) is 18.6 Å². The molecule has 0 fully saturated rings. The Morgan fingerprint density at radius 2 is 1.33 bits per heavy atom. The normalized spacial score (nSPS) is 10.0. The molecule has 0 aliphatic carbocycles. The Morgan fingerprint density at radius 1 is 0.889 bits per heavy atom. The summed E-state index contributed by atoms with van der Waals surface area (Å²) in [5, 5.41) is 3.83. The van der Waals surface area contributed by atoms with Gasteiger partial charge >= 0.3 is 0 Å². The molecule has 0 saturated carbocycles. The van der Waals surface area contributed by atoms with E-state index in [0.29, 0.717) is 0 Å². The fraction of sp³-hybridized carbons (Fsp3) is 1.00. The van der Waals surface area contributed by atoms with Gasteiger partial charge in [-0.1, -0.05) is 5.04 Å². The maximum atomic E-state index is 11.2. The third-order valence-electron chi connectivity index (χ3n) is 0.417. The first-order valence-corrected chi connectivity index (χ1v) is 2.45. The third kappa shape index (κ3) is 7.74. The maximum absolute atomic E-state index is 11.2. The molecule has 56 valence electrons. The van der Waals surface area contributed by atoms with Crippen molar-refractivity contribution in [3.8, 4) is 0 Å². The molecule has 0 aromatic rings. The fourth-order valence-electron chi connectivity index (χ4n) is 0.165. The second-order valence-electron chi connectivity index (χ2n) is 1.09. The first-order chi connectivity index (χ1) is 4.41. The number of halogens is 2. The number of hydrogen-bond donors (Lipinski definition) is 0. The number of hydrogen-bond acceptors (Lipinski definition) is 3. The summed E-state index contributed by atoms with van der Waals surface area (Å²) in [6, 6.07) is 0. The van der Waals surface area contributed by atoms with Gasteiger partial charge in [-0.05, 0) is 0 Å². The van der Waals surface area contributed by atoms with E-state index in [4.69, 9.17) is 0 Å². The lowest BCUT2D eigenvalue weighted by Gasteiger charge is -1.96. The molecule has 0 bridgehead atoms. The Morgan fingerprint density at radius 3 is 1.67 bits per heavy atom. The zero-order chi connectivity index (χ0) is 6.95. The predicted octanol–water partition coefficient (Wildman–Crippen LogP) is 0.805. The molecule has 0 radical (unpaired) electrons. The third-order valence-corrected chi connectivity index (χ3v) is 0.417. The van der Waals surface area contributed by atoms with Gasteiger partial charge in [-0.3, -0.25) is 0 Å². The van der Waals surface area contributed by atoms with E-state index in [2.05, 4.69) is 14.8 Å². The van der Waals surface area contributed by atoms with Crippen molar-refractivity contribution in [3.05, 3.63) is 0 Å². The van der Waals surface area contributed by atoms with Gasteiger partial charge in [-0.15, -0.1) is 0 Å².